The zero-order valence-electron chi connectivity index (χ0n) is 16.6. The Labute approximate surface area is 158 Å². The summed E-state index contributed by atoms with van der Waals surface area (Å²) in [4.78, 5) is 29.7. The molecule has 1 N–H and O–H groups in total. The SMILES string of the molecule is C=COC(=O)CCCCCCCCCCC.C=COC(C)=O.CC(=O)O. The lowest BCUT2D eigenvalue weighted by molar-refractivity contribution is -0.138. The topological polar surface area (TPSA) is 89.9 Å². The molecule has 0 spiro atoms. The molecular weight excluding hydrogens is 336 g/mol. The lowest BCUT2D eigenvalue weighted by Crippen LogP contribution is -1.98. The molecule has 0 unspecified atom stereocenters. The van der Waals surface area contributed by atoms with E-state index in [1.807, 2.05) is 0 Å². The Morgan fingerprint density at radius 3 is 1.50 bits per heavy atom. The van der Waals surface area contributed by atoms with Crippen LogP contribution in [0.15, 0.2) is 25.7 Å². The minimum atomic E-state index is -0.833. The van der Waals surface area contributed by atoms with E-state index < -0.39 is 5.97 Å². The Kier molecular flexibility index (Phi) is 27.7. The van der Waals surface area contributed by atoms with Gasteiger partial charge < -0.3 is 14.6 Å². The number of carboxylic acid groups (broad SMARTS) is 1. The van der Waals surface area contributed by atoms with Gasteiger partial charge in [0.2, 0.25) is 0 Å². The summed E-state index contributed by atoms with van der Waals surface area (Å²) in [7, 11) is 0. The van der Waals surface area contributed by atoms with Gasteiger partial charge in [-0.25, -0.2) is 0 Å². The van der Waals surface area contributed by atoms with Crippen LogP contribution in [0.25, 0.3) is 0 Å². The van der Waals surface area contributed by atoms with Crippen molar-refractivity contribution < 1.29 is 29.0 Å². The van der Waals surface area contributed by atoms with Gasteiger partial charge in [0.05, 0.1) is 12.5 Å². The molecule has 0 aliphatic rings. The molecule has 0 aromatic carbocycles. The summed E-state index contributed by atoms with van der Waals surface area (Å²) in [6.45, 7) is 11.2. The molecule has 0 amide bonds. The number of unbranched alkanes of at least 4 members (excludes halogenated alkanes) is 8. The average Bonchev–Trinajstić information content (AvgIpc) is 2.53. The summed E-state index contributed by atoms with van der Waals surface area (Å²) >= 11 is 0. The lowest BCUT2D eigenvalue weighted by atomic mass is 10.1. The van der Waals surface area contributed by atoms with E-state index in [2.05, 4.69) is 29.6 Å². The van der Waals surface area contributed by atoms with Crippen LogP contribution in [0.4, 0.5) is 0 Å². The zero-order chi connectivity index (χ0) is 20.6. The highest BCUT2D eigenvalue weighted by Gasteiger charge is 1.99. The third-order valence-electron chi connectivity index (χ3n) is 2.95. The molecule has 0 aromatic heterocycles. The molecule has 6 nitrogen and oxygen atoms in total. The number of aliphatic carboxylic acids is 1. The molecule has 0 fully saturated rings. The van der Waals surface area contributed by atoms with Crippen molar-refractivity contribution in [3.63, 3.8) is 0 Å². The summed E-state index contributed by atoms with van der Waals surface area (Å²) in [6, 6.07) is 0. The fourth-order valence-electron chi connectivity index (χ4n) is 1.85. The molecule has 0 aromatic rings. The van der Waals surface area contributed by atoms with E-state index in [1.165, 1.54) is 58.1 Å². The highest BCUT2D eigenvalue weighted by Crippen LogP contribution is 2.10. The molecule has 0 atom stereocenters. The van der Waals surface area contributed by atoms with E-state index in [0.717, 1.165) is 26.0 Å². The smallest absolute Gasteiger partial charge is 0.310 e. The number of hydrogen-bond acceptors (Lipinski definition) is 5. The number of carbonyl (C=O) groups is 3. The first-order valence-corrected chi connectivity index (χ1v) is 9.09. The molecule has 0 rings (SSSR count). The van der Waals surface area contributed by atoms with Gasteiger partial charge in [0, 0.05) is 20.3 Å². The molecule has 0 saturated heterocycles. The van der Waals surface area contributed by atoms with Gasteiger partial charge in [0.1, 0.15) is 0 Å². The predicted octanol–water partition coefficient (Wildman–Crippen LogP) is 5.38. The zero-order valence-corrected chi connectivity index (χ0v) is 16.6. The highest BCUT2D eigenvalue weighted by molar-refractivity contribution is 5.69. The molecule has 0 aliphatic heterocycles. The van der Waals surface area contributed by atoms with Crippen LogP contribution < -0.4 is 0 Å². The van der Waals surface area contributed by atoms with Gasteiger partial charge in [0.15, 0.2) is 0 Å². The number of carboxylic acids is 1. The number of rotatable bonds is 12. The van der Waals surface area contributed by atoms with Crippen LogP contribution in [-0.2, 0) is 23.9 Å². The van der Waals surface area contributed by atoms with E-state index in [-0.39, 0.29) is 11.9 Å². The second-order valence-corrected chi connectivity index (χ2v) is 5.53. The van der Waals surface area contributed by atoms with Crippen LogP contribution >= 0.6 is 0 Å². The Morgan fingerprint density at radius 2 is 1.19 bits per heavy atom. The van der Waals surface area contributed by atoms with E-state index in [9.17, 15) is 9.59 Å². The Hall–Kier alpha value is -2.11. The van der Waals surface area contributed by atoms with Crippen molar-refractivity contribution in [2.75, 3.05) is 0 Å². The van der Waals surface area contributed by atoms with Gasteiger partial charge in [-0.15, -0.1) is 0 Å². The second kappa shape index (κ2) is 25.1. The minimum absolute atomic E-state index is 0.155. The molecule has 0 bridgehead atoms. The van der Waals surface area contributed by atoms with Crippen molar-refractivity contribution in [2.45, 2.75) is 85.0 Å². The first-order valence-electron chi connectivity index (χ1n) is 9.09. The van der Waals surface area contributed by atoms with Crippen LogP contribution in [-0.4, -0.2) is 23.0 Å². The van der Waals surface area contributed by atoms with Crippen molar-refractivity contribution in [1.29, 1.82) is 0 Å². The van der Waals surface area contributed by atoms with Crippen molar-refractivity contribution in [1.82, 2.24) is 0 Å². The summed E-state index contributed by atoms with van der Waals surface area (Å²) in [5.74, 6) is -1.32. The van der Waals surface area contributed by atoms with Gasteiger partial charge in [-0.3, -0.25) is 14.4 Å². The van der Waals surface area contributed by atoms with Crippen LogP contribution in [0.2, 0.25) is 0 Å². The fourth-order valence-corrected chi connectivity index (χ4v) is 1.85. The Bertz CT molecular complexity index is 372. The number of hydrogen-bond donors (Lipinski definition) is 1. The largest absolute Gasteiger partial charge is 0.481 e. The second-order valence-electron chi connectivity index (χ2n) is 5.53. The van der Waals surface area contributed by atoms with Crippen LogP contribution in [0.5, 0.6) is 0 Å². The van der Waals surface area contributed by atoms with Gasteiger partial charge in [0.25, 0.3) is 5.97 Å². The number of carbonyl (C=O) groups excluding carboxylic acids is 2. The van der Waals surface area contributed by atoms with Gasteiger partial charge in [-0.1, -0.05) is 71.4 Å². The maximum absolute atomic E-state index is 11.0. The van der Waals surface area contributed by atoms with E-state index in [4.69, 9.17) is 9.90 Å². The predicted molar refractivity (Wildman–Crippen MR) is 103 cm³/mol. The Balaban J connectivity index is -0.000000434. The molecule has 26 heavy (non-hydrogen) atoms. The quantitative estimate of drug-likeness (QED) is 0.281. The Morgan fingerprint density at radius 1 is 0.808 bits per heavy atom. The average molecular weight is 373 g/mol. The molecule has 0 saturated carbocycles. The van der Waals surface area contributed by atoms with Crippen LogP contribution in [0.1, 0.15) is 85.0 Å². The van der Waals surface area contributed by atoms with Gasteiger partial charge in [-0.05, 0) is 6.42 Å². The van der Waals surface area contributed by atoms with Crippen molar-refractivity contribution in [3.8, 4) is 0 Å². The molecule has 152 valence electrons. The molecular formula is C20H36O6. The standard InChI is InChI=1S/C14H26O2.C4H6O2.C2H4O2/c1-3-5-6-7-8-9-10-11-12-13-14(15)16-4-2;1-3-6-4(2)5;1-2(3)4/h4H,2-3,5-13H2,1H3;3H,1H2,2H3;1H3,(H,3,4). The summed E-state index contributed by atoms with van der Waals surface area (Å²) in [6.07, 6.45) is 14.2. The molecule has 0 aliphatic carbocycles. The van der Waals surface area contributed by atoms with Crippen molar-refractivity contribution >= 4 is 17.9 Å². The van der Waals surface area contributed by atoms with Crippen molar-refractivity contribution in [2.24, 2.45) is 0 Å². The fraction of sp³-hybridized carbons (Fsp3) is 0.650. The molecule has 0 heterocycles. The molecule has 6 heteroatoms. The van der Waals surface area contributed by atoms with Crippen LogP contribution in [0, 0.1) is 0 Å². The van der Waals surface area contributed by atoms with Crippen LogP contribution in [0.3, 0.4) is 0 Å². The lowest BCUT2D eigenvalue weighted by Gasteiger charge is -2.01. The number of esters is 2. The minimum Gasteiger partial charge on any atom is -0.481 e. The maximum atomic E-state index is 11.0. The molecule has 0 radical (unpaired) electrons. The number of ether oxygens (including phenoxy) is 2. The summed E-state index contributed by atoms with van der Waals surface area (Å²) in [5.41, 5.74) is 0. The third-order valence-corrected chi connectivity index (χ3v) is 2.95. The van der Waals surface area contributed by atoms with E-state index >= 15 is 0 Å². The first-order chi connectivity index (χ1) is 12.3. The van der Waals surface area contributed by atoms with Crippen molar-refractivity contribution in [3.05, 3.63) is 25.7 Å². The van der Waals surface area contributed by atoms with E-state index in [1.54, 1.807) is 0 Å². The van der Waals surface area contributed by atoms with E-state index in [0.29, 0.717) is 6.42 Å². The van der Waals surface area contributed by atoms with Gasteiger partial charge in [-0.2, -0.15) is 0 Å². The summed E-state index contributed by atoms with van der Waals surface area (Å²) < 4.78 is 8.81. The summed E-state index contributed by atoms with van der Waals surface area (Å²) in [5, 5.41) is 7.42. The highest BCUT2D eigenvalue weighted by atomic mass is 16.5. The first kappa shape index (κ1) is 28.7. The third kappa shape index (κ3) is 43.1. The monoisotopic (exact) mass is 372 g/mol. The normalized spacial score (nSPS) is 8.73. The maximum Gasteiger partial charge on any atom is 0.310 e. The van der Waals surface area contributed by atoms with Gasteiger partial charge >= 0.3 is 11.9 Å².